The van der Waals surface area contributed by atoms with Crippen LogP contribution >= 0.6 is 0 Å². The van der Waals surface area contributed by atoms with E-state index in [1.807, 2.05) is 6.07 Å². The van der Waals surface area contributed by atoms with Gasteiger partial charge in [-0.25, -0.2) is 4.39 Å². The summed E-state index contributed by atoms with van der Waals surface area (Å²) in [6.07, 6.45) is 3.15. The van der Waals surface area contributed by atoms with E-state index in [2.05, 4.69) is 5.32 Å². The number of hydrogen-bond donors (Lipinski definition) is 2. The highest BCUT2D eigenvalue weighted by Gasteiger charge is 2.25. The van der Waals surface area contributed by atoms with Crippen LogP contribution in [0.25, 0.3) is 11.3 Å². The lowest BCUT2D eigenvalue weighted by Crippen LogP contribution is -2.34. The maximum Gasteiger partial charge on any atom is 0.306 e. The number of aliphatic carboxylic acids is 1. The normalized spacial score (nSPS) is 21.3. The minimum Gasteiger partial charge on any atom is -0.481 e. The van der Waals surface area contributed by atoms with Gasteiger partial charge in [-0.1, -0.05) is 12.1 Å². The third-order valence-electron chi connectivity index (χ3n) is 4.44. The predicted molar refractivity (Wildman–Crippen MR) is 84.3 cm³/mol. The smallest absolute Gasteiger partial charge is 0.306 e. The maximum absolute atomic E-state index is 13.7. The van der Waals surface area contributed by atoms with E-state index in [1.165, 1.54) is 6.07 Å². The molecule has 1 aliphatic rings. The number of carboxylic acid groups (broad SMARTS) is 1. The Kier molecular flexibility index (Phi) is 4.76. The van der Waals surface area contributed by atoms with Crippen molar-refractivity contribution in [3.05, 3.63) is 48.0 Å². The molecule has 0 bridgehead atoms. The molecule has 3 rings (SSSR count). The molecule has 4 nitrogen and oxygen atoms in total. The first-order valence-corrected chi connectivity index (χ1v) is 7.93. The Morgan fingerprint density at radius 3 is 2.61 bits per heavy atom. The molecule has 2 aromatic rings. The van der Waals surface area contributed by atoms with Crippen LogP contribution in [-0.4, -0.2) is 17.1 Å². The van der Waals surface area contributed by atoms with Crippen LogP contribution in [0.15, 0.2) is 40.8 Å². The van der Waals surface area contributed by atoms with Crippen LogP contribution < -0.4 is 5.32 Å². The third kappa shape index (κ3) is 3.79. The molecule has 0 atom stereocenters. The number of hydrogen-bond acceptors (Lipinski definition) is 3. The number of furan rings is 1. The fourth-order valence-corrected chi connectivity index (χ4v) is 3.07. The molecule has 5 heteroatoms. The molecule has 1 aliphatic carbocycles. The van der Waals surface area contributed by atoms with E-state index in [0.29, 0.717) is 36.8 Å². The zero-order valence-corrected chi connectivity index (χ0v) is 12.8. The summed E-state index contributed by atoms with van der Waals surface area (Å²) >= 11 is 0. The highest BCUT2D eigenvalue weighted by molar-refractivity contribution is 5.70. The molecule has 1 heterocycles. The van der Waals surface area contributed by atoms with Crippen molar-refractivity contribution in [2.24, 2.45) is 5.92 Å². The molecular weight excluding hydrogens is 297 g/mol. The summed E-state index contributed by atoms with van der Waals surface area (Å²) in [6, 6.07) is 10.5. The van der Waals surface area contributed by atoms with E-state index in [4.69, 9.17) is 9.52 Å². The molecular formula is C18H20FNO3. The summed E-state index contributed by atoms with van der Waals surface area (Å²) in [4.78, 5) is 10.9. The van der Waals surface area contributed by atoms with Gasteiger partial charge in [0.15, 0.2) is 0 Å². The molecule has 1 aromatic carbocycles. The number of halogens is 1. The van der Waals surface area contributed by atoms with Gasteiger partial charge in [0.2, 0.25) is 0 Å². The van der Waals surface area contributed by atoms with Crippen LogP contribution in [0.1, 0.15) is 31.4 Å². The molecule has 0 amide bonds. The Morgan fingerprint density at radius 2 is 1.91 bits per heavy atom. The van der Waals surface area contributed by atoms with Gasteiger partial charge in [0.25, 0.3) is 0 Å². The standard InChI is InChI=1S/C18H20FNO3/c19-16-4-2-1-3-15(16)17-10-9-14(23-17)11-20-13-7-5-12(6-8-13)18(21)22/h1-4,9-10,12-13,20H,5-8,11H2,(H,21,22). The zero-order valence-electron chi connectivity index (χ0n) is 12.8. The topological polar surface area (TPSA) is 62.5 Å². The Bertz CT molecular complexity index is 674. The third-order valence-corrected chi connectivity index (χ3v) is 4.44. The van der Waals surface area contributed by atoms with E-state index < -0.39 is 5.97 Å². The molecule has 0 saturated heterocycles. The minimum atomic E-state index is -0.691. The summed E-state index contributed by atoms with van der Waals surface area (Å²) in [5.74, 6) is 0.0831. The van der Waals surface area contributed by atoms with Gasteiger partial charge in [-0.05, 0) is 49.9 Å². The second-order valence-electron chi connectivity index (χ2n) is 6.01. The van der Waals surface area contributed by atoms with E-state index in [0.717, 1.165) is 18.6 Å². The highest BCUT2D eigenvalue weighted by Crippen LogP contribution is 2.26. The van der Waals surface area contributed by atoms with Gasteiger partial charge in [0.05, 0.1) is 18.0 Å². The van der Waals surface area contributed by atoms with Crippen molar-refractivity contribution in [1.29, 1.82) is 0 Å². The second-order valence-corrected chi connectivity index (χ2v) is 6.01. The Balaban J connectivity index is 1.54. The fraction of sp³-hybridized carbons (Fsp3) is 0.389. The zero-order chi connectivity index (χ0) is 16.2. The molecule has 0 spiro atoms. The number of rotatable bonds is 5. The molecule has 2 N–H and O–H groups in total. The van der Waals surface area contributed by atoms with Gasteiger partial charge in [-0.3, -0.25) is 4.79 Å². The molecule has 23 heavy (non-hydrogen) atoms. The van der Waals surface area contributed by atoms with E-state index >= 15 is 0 Å². The Morgan fingerprint density at radius 1 is 1.17 bits per heavy atom. The molecule has 1 aromatic heterocycles. The van der Waals surface area contributed by atoms with Crippen molar-refractivity contribution in [1.82, 2.24) is 5.32 Å². The lowest BCUT2D eigenvalue weighted by atomic mass is 9.86. The molecule has 122 valence electrons. The molecule has 1 fully saturated rings. The SMILES string of the molecule is O=C(O)C1CCC(NCc2ccc(-c3ccccc3F)o2)CC1. The number of nitrogens with one attached hydrogen (secondary N) is 1. The van der Waals surface area contributed by atoms with Gasteiger partial charge >= 0.3 is 5.97 Å². The van der Waals surface area contributed by atoms with Gasteiger partial charge < -0.3 is 14.8 Å². The summed E-state index contributed by atoms with van der Waals surface area (Å²) < 4.78 is 19.4. The van der Waals surface area contributed by atoms with Crippen molar-refractivity contribution in [2.75, 3.05) is 0 Å². The van der Waals surface area contributed by atoms with Crippen molar-refractivity contribution in [3.8, 4) is 11.3 Å². The lowest BCUT2D eigenvalue weighted by molar-refractivity contribution is -0.142. The first-order valence-electron chi connectivity index (χ1n) is 7.93. The van der Waals surface area contributed by atoms with Crippen molar-refractivity contribution in [3.63, 3.8) is 0 Å². The maximum atomic E-state index is 13.7. The van der Waals surface area contributed by atoms with Crippen LogP contribution in [0.5, 0.6) is 0 Å². The van der Waals surface area contributed by atoms with E-state index in [1.54, 1.807) is 24.3 Å². The highest BCUT2D eigenvalue weighted by atomic mass is 19.1. The molecule has 0 radical (unpaired) electrons. The number of benzene rings is 1. The summed E-state index contributed by atoms with van der Waals surface area (Å²) in [7, 11) is 0. The monoisotopic (exact) mass is 317 g/mol. The number of carbonyl (C=O) groups is 1. The molecule has 0 unspecified atom stereocenters. The van der Waals surface area contributed by atoms with Crippen LogP contribution in [0.4, 0.5) is 4.39 Å². The average molecular weight is 317 g/mol. The quantitative estimate of drug-likeness (QED) is 0.880. The van der Waals surface area contributed by atoms with Crippen LogP contribution in [0.3, 0.4) is 0 Å². The summed E-state index contributed by atoms with van der Waals surface area (Å²) in [5, 5.41) is 12.4. The van der Waals surface area contributed by atoms with Gasteiger partial charge in [-0.15, -0.1) is 0 Å². The van der Waals surface area contributed by atoms with Crippen LogP contribution in [0.2, 0.25) is 0 Å². The lowest BCUT2D eigenvalue weighted by Gasteiger charge is -2.26. The minimum absolute atomic E-state index is 0.204. The Hall–Kier alpha value is -2.14. The van der Waals surface area contributed by atoms with Crippen molar-refractivity contribution >= 4 is 5.97 Å². The van der Waals surface area contributed by atoms with Crippen LogP contribution in [-0.2, 0) is 11.3 Å². The van der Waals surface area contributed by atoms with Crippen LogP contribution in [0, 0.1) is 11.7 Å². The van der Waals surface area contributed by atoms with Gasteiger partial charge in [0.1, 0.15) is 17.3 Å². The van der Waals surface area contributed by atoms with Gasteiger partial charge in [-0.2, -0.15) is 0 Å². The Labute approximate surface area is 134 Å². The van der Waals surface area contributed by atoms with Crippen molar-refractivity contribution < 1.29 is 18.7 Å². The number of carboxylic acids is 1. The van der Waals surface area contributed by atoms with Gasteiger partial charge in [0, 0.05) is 6.04 Å². The summed E-state index contributed by atoms with van der Waals surface area (Å²) in [6.45, 7) is 0.566. The van der Waals surface area contributed by atoms with E-state index in [9.17, 15) is 9.18 Å². The van der Waals surface area contributed by atoms with Crippen molar-refractivity contribution in [2.45, 2.75) is 38.3 Å². The molecule has 0 aliphatic heterocycles. The second kappa shape index (κ2) is 6.96. The fourth-order valence-electron chi connectivity index (χ4n) is 3.07. The van der Waals surface area contributed by atoms with E-state index in [-0.39, 0.29) is 11.7 Å². The first kappa shape index (κ1) is 15.7. The average Bonchev–Trinajstić information content (AvgIpc) is 3.02. The molecule has 1 saturated carbocycles. The first-order chi connectivity index (χ1) is 11.1. The summed E-state index contributed by atoms with van der Waals surface area (Å²) in [5.41, 5.74) is 0.459. The predicted octanol–water partition coefficient (Wildman–Crippen LogP) is 3.82. The largest absolute Gasteiger partial charge is 0.481 e.